The summed E-state index contributed by atoms with van der Waals surface area (Å²) in [6, 6.07) is 4.01. The van der Waals surface area contributed by atoms with Gasteiger partial charge in [0.1, 0.15) is 0 Å². The van der Waals surface area contributed by atoms with Gasteiger partial charge in [0, 0.05) is 25.7 Å². The van der Waals surface area contributed by atoms with Crippen LogP contribution >= 0.6 is 11.6 Å². The number of hydrogen-bond donors (Lipinski definition) is 0. The summed E-state index contributed by atoms with van der Waals surface area (Å²) in [6.45, 7) is 3.50. The maximum atomic E-state index is 12.8. The van der Waals surface area contributed by atoms with Crippen molar-refractivity contribution in [2.75, 3.05) is 31.1 Å². The second-order valence-corrected chi connectivity index (χ2v) is 5.85. The summed E-state index contributed by atoms with van der Waals surface area (Å²) in [5.41, 5.74) is -0.126. The molecule has 2 heterocycles. The number of nitrogens with zero attached hydrogens (tertiary/aromatic N) is 2. The molecule has 1 aromatic rings. The van der Waals surface area contributed by atoms with Crippen molar-refractivity contribution >= 4 is 17.3 Å². The van der Waals surface area contributed by atoms with Crippen LogP contribution in [0.15, 0.2) is 18.2 Å². The zero-order chi connectivity index (χ0) is 14.3. The van der Waals surface area contributed by atoms with Gasteiger partial charge in [-0.1, -0.05) is 11.6 Å². The number of piperazine rings is 1. The molecule has 20 heavy (non-hydrogen) atoms. The average molecular weight is 305 g/mol. The molecule has 2 nitrogen and oxygen atoms in total. The maximum absolute atomic E-state index is 12.8. The minimum absolute atomic E-state index is 0.393. The Morgan fingerprint density at radius 3 is 2.70 bits per heavy atom. The summed E-state index contributed by atoms with van der Waals surface area (Å²) in [5.74, 6) is 0. The Labute approximate surface area is 121 Å². The number of anilines is 1. The van der Waals surface area contributed by atoms with Gasteiger partial charge < -0.3 is 4.90 Å². The molecule has 0 aromatic heterocycles. The van der Waals surface area contributed by atoms with Crippen molar-refractivity contribution < 1.29 is 13.2 Å². The average Bonchev–Trinajstić information content (AvgIpc) is 2.85. The van der Waals surface area contributed by atoms with E-state index in [1.165, 1.54) is 18.6 Å². The molecule has 2 fully saturated rings. The minimum Gasteiger partial charge on any atom is -0.367 e. The second kappa shape index (κ2) is 5.11. The number of fused-ring (bicyclic) bond motifs is 1. The molecule has 6 heteroatoms. The molecule has 0 spiro atoms. The highest BCUT2D eigenvalue weighted by molar-refractivity contribution is 6.33. The Kier molecular flexibility index (Phi) is 3.58. The van der Waals surface area contributed by atoms with Gasteiger partial charge in [0.05, 0.1) is 16.3 Å². The first-order valence-corrected chi connectivity index (χ1v) is 7.19. The van der Waals surface area contributed by atoms with Gasteiger partial charge in [0.15, 0.2) is 0 Å². The molecule has 0 aliphatic carbocycles. The van der Waals surface area contributed by atoms with E-state index in [0.717, 1.165) is 38.7 Å². The van der Waals surface area contributed by atoms with E-state index in [2.05, 4.69) is 4.90 Å². The predicted octanol–water partition coefficient (Wildman–Crippen LogP) is 3.64. The first-order chi connectivity index (χ1) is 9.45. The van der Waals surface area contributed by atoms with Crippen LogP contribution in [0.2, 0.25) is 5.02 Å². The van der Waals surface area contributed by atoms with E-state index in [1.54, 1.807) is 0 Å². The van der Waals surface area contributed by atoms with Crippen LogP contribution in [0.5, 0.6) is 0 Å². The molecule has 3 rings (SSSR count). The summed E-state index contributed by atoms with van der Waals surface area (Å²) < 4.78 is 38.4. The Balaban J connectivity index is 1.86. The molecule has 0 bridgehead atoms. The first kappa shape index (κ1) is 14.0. The zero-order valence-corrected chi connectivity index (χ0v) is 11.7. The Morgan fingerprint density at radius 1 is 1.15 bits per heavy atom. The number of hydrogen-bond acceptors (Lipinski definition) is 2. The lowest BCUT2D eigenvalue weighted by atomic mass is 10.1. The Morgan fingerprint density at radius 2 is 1.95 bits per heavy atom. The molecule has 2 saturated heterocycles. The molecule has 1 aromatic carbocycles. The van der Waals surface area contributed by atoms with Crippen LogP contribution in [0, 0.1) is 0 Å². The van der Waals surface area contributed by atoms with E-state index in [1.807, 2.05) is 4.90 Å². The molecule has 0 amide bonds. The molecule has 0 radical (unpaired) electrons. The highest BCUT2D eigenvalue weighted by Gasteiger charge is 2.34. The lowest BCUT2D eigenvalue weighted by Gasteiger charge is -2.39. The summed E-state index contributed by atoms with van der Waals surface area (Å²) in [6.07, 6.45) is -2.03. The summed E-state index contributed by atoms with van der Waals surface area (Å²) in [4.78, 5) is 4.40. The standard InChI is InChI=1S/C14H16ClF3N2/c15-12-4-3-10(14(16,17)18)8-13(12)20-7-6-19-5-1-2-11(19)9-20/h3-4,8,11H,1-2,5-7,9H2. The molecule has 1 unspecified atom stereocenters. The van der Waals surface area contributed by atoms with Crippen molar-refractivity contribution in [1.82, 2.24) is 4.90 Å². The molecule has 2 aliphatic heterocycles. The lowest BCUT2D eigenvalue weighted by molar-refractivity contribution is -0.137. The first-order valence-electron chi connectivity index (χ1n) is 6.81. The van der Waals surface area contributed by atoms with Crippen molar-refractivity contribution in [1.29, 1.82) is 0 Å². The maximum Gasteiger partial charge on any atom is 0.416 e. The van der Waals surface area contributed by atoms with Crippen molar-refractivity contribution in [2.45, 2.75) is 25.1 Å². The summed E-state index contributed by atoms with van der Waals surface area (Å²) in [7, 11) is 0. The van der Waals surface area contributed by atoms with Crippen molar-refractivity contribution in [3.8, 4) is 0 Å². The third kappa shape index (κ3) is 2.61. The lowest BCUT2D eigenvalue weighted by Crippen LogP contribution is -2.50. The van der Waals surface area contributed by atoms with E-state index >= 15 is 0 Å². The highest BCUT2D eigenvalue weighted by atomic mass is 35.5. The SMILES string of the molecule is FC(F)(F)c1ccc(Cl)c(N2CCN3CCCC3C2)c1. The topological polar surface area (TPSA) is 6.48 Å². The molecule has 2 aliphatic rings. The normalized spacial score (nSPS) is 24.0. The van der Waals surface area contributed by atoms with Crippen LogP contribution in [0.25, 0.3) is 0 Å². The predicted molar refractivity (Wildman–Crippen MR) is 73.3 cm³/mol. The smallest absolute Gasteiger partial charge is 0.367 e. The van der Waals surface area contributed by atoms with Crippen molar-refractivity contribution in [3.05, 3.63) is 28.8 Å². The fraction of sp³-hybridized carbons (Fsp3) is 0.571. The quantitative estimate of drug-likeness (QED) is 0.781. The van der Waals surface area contributed by atoms with Gasteiger partial charge in [-0.15, -0.1) is 0 Å². The largest absolute Gasteiger partial charge is 0.416 e. The number of alkyl halides is 3. The zero-order valence-electron chi connectivity index (χ0n) is 11.0. The number of rotatable bonds is 1. The van der Waals surface area contributed by atoms with Gasteiger partial charge in [-0.3, -0.25) is 4.90 Å². The van der Waals surface area contributed by atoms with E-state index in [-0.39, 0.29) is 0 Å². The molecular weight excluding hydrogens is 289 g/mol. The highest BCUT2D eigenvalue weighted by Crippen LogP contribution is 2.36. The van der Waals surface area contributed by atoms with Crippen LogP contribution in [0.1, 0.15) is 18.4 Å². The second-order valence-electron chi connectivity index (χ2n) is 5.44. The van der Waals surface area contributed by atoms with Crippen molar-refractivity contribution in [2.24, 2.45) is 0 Å². The van der Waals surface area contributed by atoms with E-state index in [4.69, 9.17) is 11.6 Å². The molecular formula is C14H16ClF3N2. The Hall–Kier alpha value is -0.940. The number of halogens is 4. The van der Waals surface area contributed by atoms with Gasteiger partial charge in [0.25, 0.3) is 0 Å². The van der Waals surface area contributed by atoms with Gasteiger partial charge in [-0.25, -0.2) is 0 Å². The third-order valence-corrected chi connectivity index (χ3v) is 4.52. The fourth-order valence-corrected chi connectivity index (χ4v) is 3.38. The third-order valence-electron chi connectivity index (χ3n) is 4.20. The molecule has 110 valence electrons. The Bertz CT molecular complexity index is 504. The van der Waals surface area contributed by atoms with E-state index in [0.29, 0.717) is 16.8 Å². The van der Waals surface area contributed by atoms with Gasteiger partial charge in [0.2, 0.25) is 0 Å². The van der Waals surface area contributed by atoms with Crippen LogP contribution in [-0.4, -0.2) is 37.1 Å². The molecule has 1 atom stereocenters. The van der Waals surface area contributed by atoms with Gasteiger partial charge in [-0.2, -0.15) is 13.2 Å². The molecule has 0 saturated carbocycles. The van der Waals surface area contributed by atoms with Gasteiger partial charge >= 0.3 is 6.18 Å². The summed E-state index contributed by atoms with van der Waals surface area (Å²) in [5, 5.41) is 0.393. The van der Waals surface area contributed by atoms with E-state index < -0.39 is 11.7 Å². The molecule has 0 N–H and O–H groups in total. The van der Waals surface area contributed by atoms with Crippen LogP contribution in [-0.2, 0) is 6.18 Å². The van der Waals surface area contributed by atoms with Crippen LogP contribution in [0.3, 0.4) is 0 Å². The monoisotopic (exact) mass is 304 g/mol. The van der Waals surface area contributed by atoms with Crippen LogP contribution in [0.4, 0.5) is 18.9 Å². The summed E-state index contributed by atoms with van der Waals surface area (Å²) >= 11 is 6.10. The fourth-order valence-electron chi connectivity index (χ4n) is 3.14. The van der Waals surface area contributed by atoms with Crippen molar-refractivity contribution in [3.63, 3.8) is 0 Å². The minimum atomic E-state index is -4.32. The van der Waals surface area contributed by atoms with E-state index in [9.17, 15) is 13.2 Å². The van der Waals surface area contributed by atoms with Crippen LogP contribution < -0.4 is 4.90 Å². The number of benzene rings is 1. The van der Waals surface area contributed by atoms with Gasteiger partial charge in [-0.05, 0) is 37.6 Å².